The second-order valence-electron chi connectivity index (χ2n) is 5.33. The average Bonchev–Trinajstić information content (AvgIpc) is 2.82. The first-order chi connectivity index (χ1) is 9.89. The quantitative estimate of drug-likeness (QED) is 0.813. The molecule has 1 unspecified atom stereocenters. The van der Waals surface area contributed by atoms with Gasteiger partial charge >= 0.3 is 6.18 Å². The Labute approximate surface area is 131 Å². The molecule has 0 aliphatic carbocycles. The third-order valence-electron chi connectivity index (χ3n) is 3.45. The van der Waals surface area contributed by atoms with Crippen LogP contribution in [-0.2, 0) is 12.8 Å². The molecule has 0 saturated carbocycles. The molecule has 118 valence electrons. The van der Waals surface area contributed by atoms with Crippen LogP contribution >= 0.6 is 15.9 Å². The maximum Gasteiger partial charge on any atom is 0.390 e. The van der Waals surface area contributed by atoms with Crippen molar-refractivity contribution in [2.75, 3.05) is 13.2 Å². The summed E-state index contributed by atoms with van der Waals surface area (Å²) in [6, 6.07) is 3.22. The largest absolute Gasteiger partial charge is 0.493 e. The van der Waals surface area contributed by atoms with E-state index in [2.05, 4.69) is 21.2 Å². The highest BCUT2D eigenvalue weighted by Gasteiger charge is 2.32. The molecular weight excluding hydrogens is 347 g/mol. The van der Waals surface area contributed by atoms with Gasteiger partial charge < -0.3 is 10.1 Å². The zero-order valence-corrected chi connectivity index (χ0v) is 13.5. The van der Waals surface area contributed by atoms with Gasteiger partial charge in [0.2, 0.25) is 0 Å². The zero-order valence-electron chi connectivity index (χ0n) is 11.9. The molecule has 6 heteroatoms. The lowest BCUT2D eigenvalue weighted by atomic mass is 9.99. The summed E-state index contributed by atoms with van der Waals surface area (Å²) in [6.45, 7) is 3.13. The van der Waals surface area contributed by atoms with Crippen LogP contribution in [0, 0.1) is 0 Å². The summed E-state index contributed by atoms with van der Waals surface area (Å²) in [5, 5.41) is 2.99. The molecule has 21 heavy (non-hydrogen) atoms. The molecule has 0 fully saturated rings. The van der Waals surface area contributed by atoms with Crippen LogP contribution in [0.4, 0.5) is 13.2 Å². The Kier molecular flexibility index (Phi) is 5.54. The van der Waals surface area contributed by atoms with E-state index in [1.54, 1.807) is 0 Å². The maximum absolute atomic E-state index is 12.7. The van der Waals surface area contributed by atoms with E-state index >= 15 is 0 Å². The van der Waals surface area contributed by atoms with E-state index in [1.807, 2.05) is 19.1 Å². The second-order valence-corrected chi connectivity index (χ2v) is 6.24. The van der Waals surface area contributed by atoms with Crippen molar-refractivity contribution in [1.82, 2.24) is 5.32 Å². The lowest BCUT2D eigenvalue weighted by Gasteiger charge is -2.21. The molecule has 2 nitrogen and oxygen atoms in total. The van der Waals surface area contributed by atoms with Gasteiger partial charge in [0.05, 0.1) is 13.0 Å². The fraction of sp³-hybridized carbons (Fsp3) is 0.600. The van der Waals surface area contributed by atoms with Gasteiger partial charge in [0, 0.05) is 16.9 Å². The van der Waals surface area contributed by atoms with Gasteiger partial charge in [-0.25, -0.2) is 0 Å². The van der Waals surface area contributed by atoms with Crippen molar-refractivity contribution in [3.8, 4) is 5.75 Å². The lowest BCUT2D eigenvalue weighted by molar-refractivity contribution is -0.139. The third kappa shape index (κ3) is 4.88. The molecule has 0 amide bonds. The molecule has 0 bridgehead atoms. The Bertz CT molecular complexity index is 491. The summed E-state index contributed by atoms with van der Waals surface area (Å²) < 4.78 is 44.6. The first-order valence-corrected chi connectivity index (χ1v) is 7.92. The molecule has 1 heterocycles. The number of fused-ring (bicyclic) bond motifs is 1. The predicted octanol–water partition coefficient (Wildman–Crippen LogP) is 4.25. The summed E-state index contributed by atoms with van der Waals surface area (Å²) in [6.07, 6.45) is -3.05. The van der Waals surface area contributed by atoms with E-state index in [4.69, 9.17) is 4.74 Å². The van der Waals surface area contributed by atoms with Crippen LogP contribution in [-0.4, -0.2) is 25.4 Å². The van der Waals surface area contributed by atoms with Gasteiger partial charge in [-0.05, 0) is 42.6 Å². The van der Waals surface area contributed by atoms with Crippen LogP contribution in [0.3, 0.4) is 0 Å². The molecule has 0 saturated heterocycles. The summed E-state index contributed by atoms with van der Waals surface area (Å²) in [4.78, 5) is 0. The standard InChI is InChI=1S/C15H19BrF3NO/c1-2-4-20-13(9-15(17,18)19)8-11-7-12(16)6-10-3-5-21-14(10)11/h6-7,13,20H,2-5,8-9H2,1H3. The van der Waals surface area contributed by atoms with Crippen molar-refractivity contribution in [2.45, 2.75) is 44.8 Å². The molecular formula is C15H19BrF3NO. The summed E-state index contributed by atoms with van der Waals surface area (Å²) >= 11 is 3.42. The van der Waals surface area contributed by atoms with E-state index < -0.39 is 18.6 Å². The Hall–Kier alpha value is -0.750. The number of hydrogen-bond donors (Lipinski definition) is 1. The molecule has 0 aromatic heterocycles. The van der Waals surface area contributed by atoms with Crippen molar-refractivity contribution in [1.29, 1.82) is 0 Å². The molecule has 0 spiro atoms. The van der Waals surface area contributed by atoms with Crippen molar-refractivity contribution >= 4 is 15.9 Å². The minimum Gasteiger partial charge on any atom is -0.493 e. The first-order valence-electron chi connectivity index (χ1n) is 7.13. The normalized spacial score (nSPS) is 15.7. The van der Waals surface area contributed by atoms with E-state index in [1.165, 1.54) is 0 Å². The van der Waals surface area contributed by atoms with Gasteiger partial charge in [-0.15, -0.1) is 0 Å². The first kappa shape index (κ1) is 16.6. The Morgan fingerprint density at radius 3 is 2.81 bits per heavy atom. The SMILES string of the molecule is CCCNC(Cc1cc(Br)cc2c1OCC2)CC(F)(F)F. The number of ether oxygens (including phenoxy) is 1. The summed E-state index contributed by atoms with van der Waals surface area (Å²) in [5.41, 5.74) is 1.91. The predicted molar refractivity (Wildman–Crippen MR) is 79.8 cm³/mol. The monoisotopic (exact) mass is 365 g/mol. The summed E-state index contributed by atoms with van der Waals surface area (Å²) in [7, 11) is 0. The molecule has 1 aliphatic heterocycles. The molecule has 0 radical (unpaired) electrons. The molecule has 1 aromatic carbocycles. The van der Waals surface area contributed by atoms with Crippen LogP contribution < -0.4 is 10.1 Å². The number of hydrogen-bond acceptors (Lipinski definition) is 2. The van der Waals surface area contributed by atoms with Gasteiger partial charge in [0.15, 0.2) is 0 Å². The van der Waals surface area contributed by atoms with Gasteiger partial charge in [-0.1, -0.05) is 22.9 Å². The van der Waals surface area contributed by atoms with Crippen molar-refractivity contribution in [3.63, 3.8) is 0 Å². The van der Waals surface area contributed by atoms with Gasteiger partial charge in [-0.2, -0.15) is 13.2 Å². The maximum atomic E-state index is 12.7. The minimum atomic E-state index is -4.17. The van der Waals surface area contributed by atoms with Gasteiger partial charge in [-0.3, -0.25) is 0 Å². The Balaban J connectivity index is 2.16. The number of halogens is 4. The topological polar surface area (TPSA) is 21.3 Å². The Morgan fingerprint density at radius 1 is 1.38 bits per heavy atom. The highest BCUT2D eigenvalue weighted by molar-refractivity contribution is 9.10. The van der Waals surface area contributed by atoms with Crippen LogP contribution in [0.2, 0.25) is 0 Å². The van der Waals surface area contributed by atoms with E-state index in [9.17, 15) is 13.2 Å². The molecule has 1 aliphatic rings. The molecule has 2 rings (SSSR count). The summed E-state index contributed by atoms with van der Waals surface area (Å²) in [5.74, 6) is 0.767. The number of alkyl halides is 3. The highest BCUT2D eigenvalue weighted by atomic mass is 79.9. The smallest absolute Gasteiger partial charge is 0.390 e. The number of rotatable bonds is 6. The molecule has 1 atom stereocenters. The fourth-order valence-corrected chi connectivity index (χ4v) is 3.16. The van der Waals surface area contributed by atoms with Crippen molar-refractivity contribution in [3.05, 3.63) is 27.7 Å². The van der Waals surface area contributed by atoms with E-state index in [-0.39, 0.29) is 0 Å². The average molecular weight is 366 g/mol. The third-order valence-corrected chi connectivity index (χ3v) is 3.91. The van der Waals surface area contributed by atoms with Crippen molar-refractivity contribution < 1.29 is 17.9 Å². The lowest BCUT2D eigenvalue weighted by Crippen LogP contribution is -2.36. The van der Waals surface area contributed by atoms with Crippen LogP contribution in [0.15, 0.2) is 16.6 Å². The minimum absolute atomic E-state index is 0.321. The molecule has 1 N–H and O–H groups in total. The van der Waals surface area contributed by atoms with Crippen LogP contribution in [0.5, 0.6) is 5.75 Å². The number of benzene rings is 1. The number of nitrogens with one attached hydrogen (secondary N) is 1. The fourth-order valence-electron chi connectivity index (χ4n) is 2.61. The second kappa shape index (κ2) is 7.01. The van der Waals surface area contributed by atoms with E-state index in [0.717, 1.165) is 34.2 Å². The Morgan fingerprint density at radius 2 is 2.14 bits per heavy atom. The molecule has 1 aromatic rings. The zero-order chi connectivity index (χ0) is 15.5. The van der Waals surface area contributed by atoms with Crippen LogP contribution in [0.1, 0.15) is 30.9 Å². The van der Waals surface area contributed by atoms with Crippen LogP contribution in [0.25, 0.3) is 0 Å². The highest BCUT2D eigenvalue weighted by Crippen LogP contribution is 2.34. The van der Waals surface area contributed by atoms with Gasteiger partial charge in [0.25, 0.3) is 0 Å². The van der Waals surface area contributed by atoms with Crippen molar-refractivity contribution in [2.24, 2.45) is 0 Å². The van der Waals surface area contributed by atoms with E-state index in [0.29, 0.717) is 19.6 Å². The van der Waals surface area contributed by atoms with Gasteiger partial charge in [0.1, 0.15) is 5.75 Å².